The second kappa shape index (κ2) is 16.9. The number of unbranched alkanes of at least 4 members (excludes halogenated alkanes) is 3. The van der Waals surface area contributed by atoms with Crippen molar-refractivity contribution in [3.8, 4) is 0 Å². The number of alkyl carbamates (subject to hydrolysis) is 1. The van der Waals surface area contributed by atoms with Crippen LogP contribution in [0.25, 0.3) is 0 Å². The van der Waals surface area contributed by atoms with Crippen molar-refractivity contribution in [3.05, 3.63) is 29.8 Å². The Kier molecular flexibility index (Phi) is 15.5. The SMILES string of the molecule is CCC[CH2][Sn]([CH2]CCC)([CH2]CCC)[c]1ccc(C[C@H](C(=O)O)C(C(C)(C)C)[C@@](NC(=O)OC(C)(C)C)(C(=O)O)C(C)(C)C)cc1. The van der Waals surface area contributed by atoms with E-state index in [1.807, 2.05) is 20.8 Å². The van der Waals surface area contributed by atoms with Gasteiger partial charge in [-0.2, -0.15) is 0 Å². The summed E-state index contributed by atoms with van der Waals surface area (Å²) in [6.07, 6.45) is 6.63. The molecular weight excluding hydrogens is 673 g/mol. The summed E-state index contributed by atoms with van der Waals surface area (Å²) in [5.74, 6) is -4.43. The van der Waals surface area contributed by atoms with E-state index in [0.717, 1.165) is 5.56 Å². The summed E-state index contributed by atoms with van der Waals surface area (Å²) in [5.41, 5.74) is -3.80. The number of amides is 1. The minimum atomic E-state index is -2.67. The Labute approximate surface area is 278 Å². The van der Waals surface area contributed by atoms with Gasteiger partial charge in [-0.05, 0) is 20.8 Å². The number of carbonyl (C=O) groups excluding carboxylic acids is 1. The van der Waals surface area contributed by atoms with Crippen LogP contribution < -0.4 is 8.90 Å². The van der Waals surface area contributed by atoms with Crippen LogP contribution >= 0.6 is 0 Å². The first-order valence-corrected chi connectivity index (χ1v) is 24.7. The normalized spacial score (nSPS) is 15.6. The maximum absolute atomic E-state index is 13.4. The van der Waals surface area contributed by atoms with Gasteiger partial charge in [-0.15, -0.1) is 0 Å². The number of aliphatic carboxylic acids is 2. The van der Waals surface area contributed by atoms with Gasteiger partial charge in [-0.1, -0.05) is 0 Å². The Morgan fingerprint density at radius 2 is 1.22 bits per heavy atom. The number of nitrogens with one attached hydrogen (secondary N) is 1. The summed E-state index contributed by atoms with van der Waals surface area (Å²) in [4.78, 5) is 39.8. The van der Waals surface area contributed by atoms with Crippen LogP contribution in [0.2, 0.25) is 13.3 Å². The fourth-order valence-corrected chi connectivity index (χ4v) is 23.1. The first-order chi connectivity index (χ1) is 20.6. The fourth-order valence-electron chi connectivity index (χ4n) is 7.21. The number of rotatable bonds is 17. The molecule has 0 heterocycles. The minimum absolute atomic E-state index is 0.153. The molecule has 0 fully saturated rings. The molecule has 0 aromatic heterocycles. The molecule has 45 heavy (non-hydrogen) atoms. The first-order valence-electron chi connectivity index (χ1n) is 17.2. The monoisotopic (exact) mass is 739 g/mol. The molecule has 258 valence electrons. The quantitative estimate of drug-likeness (QED) is 0.138. The van der Waals surface area contributed by atoms with Crippen LogP contribution in [0.3, 0.4) is 0 Å². The Morgan fingerprint density at radius 3 is 1.53 bits per heavy atom. The predicted octanol–water partition coefficient (Wildman–Crippen LogP) is 9.04. The van der Waals surface area contributed by atoms with Crippen molar-refractivity contribution >= 4 is 40.0 Å². The Balaban J connectivity index is 3.77. The van der Waals surface area contributed by atoms with E-state index in [4.69, 9.17) is 4.74 Å². The molecule has 1 aromatic carbocycles. The molecule has 8 heteroatoms. The van der Waals surface area contributed by atoms with E-state index >= 15 is 0 Å². The first kappa shape index (κ1) is 41.3. The number of hydrogen-bond acceptors (Lipinski definition) is 4. The number of carboxylic acids is 2. The zero-order chi connectivity index (χ0) is 34.9. The Bertz CT molecular complexity index is 1070. The molecule has 0 bridgehead atoms. The van der Waals surface area contributed by atoms with Crippen LogP contribution in [0, 0.1) is 22.7 Å². The average molecular weight is 739 g/mol. The van der Waals surface area contributed by atoms with Crippen molar-refractivity contribution in [1.29, 1.82) is 0 Å². The molecule has 0 aliphatic carbocycles. The standard InChI is InChI=1S/C25H38NO6.3C4H9.Sn/c1-22(2,3)18(17(19(27)28)15-16-13-11-10-12-14-16)25(20(29)30,23(4,5)6)26-21(31)32-24(7,8)9;3*1-3-4-2;/h11-14,17-18H,15H2,1-9H3,(H,26,31)(H,27,28)(H,29,30);3*1,3-4H2,2H3;/t17-,18?,25+;;;;/m0..../s1. The second-order valence-corrected chi connectivity index (χ2v) is 29.5. The van der Waals surface area contributed by atoms with Gasteiger partial charge in [0.15, 0.2) is 0 Å². The Morgan fingerprint density at radius 1 is 0.778 bits per heavy atom. The zero-order valence-electron chi connectivity index (χ0n) is 30.6. The van der Waals surface area contributed by atoms with Crippen molar-refractivity contribution in [3.63, 3.8) is 0 Å². The number of carbonyl (C=O) groups is 3. The van der Waals surface area contributed by atoms with E-state index in [2.05, 4.69) is 50.4 Å². The summed E-state index contributed by atoms with van der Waals surface area (Å²) in [6, 6.07) is 8.71. The molecule has 1 rings (SSSR count). The molecule has 0 spiro atoms. The molecule has 0 saturated heterocycles. The number of hydrogen-bond donors (Lipinski definition) is 3. The third-order valence-corrected chi connectivity index (χ3v) is 25.1. The van der Waals surface area contributed by atoms with Crippen LogP contribution in [0.15, 0.2) is 24.3 Å². The van der Waals surface area contributed by atoms with Crippen molar-refractivity contribution < 1.29 is 29.3 Å². The van der Waals surface area contributed by atoms with Crippen molar-refractivity contribution in [2.45, 2.75) is 152 Å². The van der Waals surface area contributed by atoms with Gasteiger partial charge in [0.05, 0.1) is 0 Å². The van der Waals surface area contributed by atoms with Crippen LogP contribution in [-0.4, -0.2) is 57.8 Å². The summed E-state index contributed by atoms with van der Waals surface area (Å²) < 4.78 is 11.1. The second-order valence-electron chi connectivity index (χ2n) is 16.3. The summed E-state index contributed by atoms with van der Waals surface area (Å²) in [6.45, 7) is 22.7. The van der Waals surface area contributed by atoms with E-state index in [1.54, 1.807) is 41.5 Å². The van der Waals surface area contributed by atoms with Gasteiger partial charge in [0.25, 0.3) is 0 Å². The maximum atomic E-state index is 13.4. The van der Waals surface area contributed by atoms with Gasteiger partial charge in [0, 0.05) is 0 Å². The molecule has 3 atom stereocenters. The zero-order valence-corrected chi connectivity index (χ0v) is 33.4. The number of ether oxygens (including phenoxy) is 1. The molecule has 3 N–H and O–H groups in total. The number of carboxylic acid groups (broad SMARTS) is 2. The Hall–Kier alpha value is -1.77. The van der Waals surface area contributed by atoms with E-state index in [1.165, 1.54) is 55.4 Å². The van der Waals surface area contributed by atoms with Crippen molar-refractivity contribution in [2.24, 2.45) is 22.7 Å². The van der Waals surface area contributed by atoms with Gasteiger partial charge < -0.3 is 0 Å². The third kappa shape index (κ3) is 11.2. The molecular formula is C37H65NO6Sn. The van der Waals surface area contributed by atoms with Gasteiger partial charge in [0.2, 0.25) is 0 Å². The van der Waals surface area contributed by atoms with Gasteiger partial charge in [0.1, 0.15) is 0 Å². The fraction of sp³-hybridized carbons (Fsp3) is 0.757. The van der Waals surface area contributed by atoms with E-state index in [0.29, 0.717) is 0 Å². The van der Waals surface area contributed by atoms with Gasteiger partial charge in [-0.25, -0.2) is 0 Å². The van der Waals surface area contributed by atoms with E-state index < -0.39 is 70.2 Å². The molecule has 1 unspecified atom stereocenters. The van der Waals surface area contributed by atoms with Gasteiger partial charge in [-0.3, -0.25) is 0 Å². The predicted molar refractivity (Wildman–Crippen MR) is 188 cm³/mol. The molecule has 0 saturated carbocycles. The third-order valence-electron chi connectivity index (χ3n) is 9.39. The average Bonchev–Trinajstić information content (AvgIpc) is 2.89. The molecule has 1 aromatic rings. The molecule has 0 radical (unpaired) electrons. The summed E-state index contributed by atoms with van der Waals surface area (Å²) in [5, 5.41) is 24.4. The topological polar surface area (TPSA) is 113 Å². The van der Waals surface area contributed by atoms with Crippen LogP contribution in [0.1, 0.15) is 127 Å². The van der Waals surface area contributed by atoms with E-state index in [9.17, 15) is 24.6 Å². The molecule has 0 aliphatic heterocycles. The van der Waals surface area contributed by atoms with E-state index in [-0.39, 0.29) is 6.42 Å². The van der Waals surface area contributed by atoms with Crippen LogP contribution in [0.5, 0.6) is 0 Å². The van der Waals surface area contributed by atoms with Crippen molar-refractivity contribution in [1.82, 2.24) is 5.32 Å². The molecule has 7 nitrogen and oxygen atoms in total. The molecule has 1 amide bonds. The van der Waals surface area contributed by atoms with Crippen LogP contribution in [-0.2, 0) is 20.7 Å². The summed E-state index contributed by atoms with van der Waals surface area (Å²) in [7, 11) is 0. The molecule has 0 aliphatic rings. The van der Waals surface area contributed by atoms with Crippen molar-refractivity contribution in [2.75, 3.05) is 0 Å². The van der Waals surface area contributed by atoms with Crippen LogP contribution in [0.4, 0.5) is 4.79 Å². The summed E-state index contributed by atoms with van der Waals surface area (Å²) >= 11 is -2.67. The van der Waals surface area contributed by atoms with Gasteiger partial charge >= 0.3 is 259 Å². The number of benzene rings is 1.